The molecule has 1 N–H and O–H groups in total. The van der Waals surface area contributed by atoms with Gasteiger partial charge in [0, 0.05) is 12.8 Å². The highest BCUT2D eigenvalue weighted by Gasteiger charge is 1.90. The van der Waals surface area contributed by atoms with Gasteiger partial charge in [-0.1, -0.05) is 6.92 Å². The predicted octanol–water partition coefficient (Wildman–Crippen LogP) is 1.26. The van der Waals surface area contributed by atoms with Crippen molar-refractivity contribution in [3.8, 4) is 11.8 Å². The molecule has 0 heterocycles. The standard InChI is InChI=1S/C7H10O2/c1-2-3-4-5-6-7(8)9/h2,5-6H2,1H3,(H,8,9). The third-order valence-corrected chi connectivity index (χ3v) is 0.766. The summed E-state index contributed by atoms with van der Waals surface area (Å²) in [4.78, 5) is 9.89. The van der Waals surface area contributed by atoms with E-state index in [-0.39, 0.29) is 6.42 Å². The van der Waals surface area contributed by atoms with Gasteiger partial charge in [0.25, 0.3) is 0 Å². The molecule has 2 heteroatoms. The molecule has 0 saturated carbocycles. The number of aliphatic carboxylic acids is 1. The Morgan fingerprint density at radius 2 is 2.22 bits per heavy atom. The summed E-state index contributed by atoms with van der Waals surface area (Å²) >= 11 is 0. The zero-order chi connectivity index (χ0) is 7.11. The van der Waals surface area contributed by atoms with Gasteiger partial charge in [-0.05, 0) is 0 Å². The SMILES string of the molecule is CCC#CCCC(=O)O. The minimum atomic E-state index is -0.777. The van der Waals surface area contributed by atoms with Crippen molar-refractivity contribution in [2.45, 2.75) is 26.2 Å². The lowest BCUT2D eigenvalue weighted by Crippen LogP contribution is -1.91. The van der Waals surface area contributed by atoms with Crippen molar-refractivity contribution >= 4 is 5.97 Å². The third-order valence-electron chi connectivity index (χ3n) is 0.766. The van der Waals surface area contributed by atoms with Crippen LogP contribution in [-0.4, -0.2) is 11.1 Å². The minimum absolute atomic E-state index is 0.160. The van der Waals surface area contributed by atoms with Crippen molar-refractivity contribution in [3.05, 3.63) is 0 Å². The molecule has 0 bridgehead atoms. The van der Waals surface area contributed by atoms with Crippen molar-refractivity contribution in [2.24, 2.45) is 0 Å². The molecular weight excluding hydrogens is 116 g/mol. The number of rotatable bonds is 2. The van der Waals surface area contributed by atoms with E-state index in [1.165, 1.54) is 0 Å². The maximum Gasteiger partial charge on any atom is 0.304 e. The Labute approximate surface area is 54.9 Å². The van der Waals surface area contributed by atoms with E-state index < -0.39 is 5.97 Å². The van der Waals surface area contributed by atoms with Gasteiger partial charge in [0.2, 0.25) is 0 Å². The second-order valence-corrected chi connectivity index (χ2v) is 1.60. The lowest BCUT2D eigenvalue weighted by atomic mass is 10.3. The molecule has 0 rings (SSSR count). The fourth-order valence-electron chi connectivity index (χ4n) is 0.383. The van der Waals surface area contributed by atoms with Crippen LogP contribution in [0.25, 0.3) is 0 Å². The first kappa shape index (κ1) is 8.03. The molecule has 0 aliphatic carbocycles. The van der Waals surface area contributed by atoms with Gasteiger partial charge in [0.1, 0.15) is 0 Å². The number of carboxylic acid groups (broad SMARTS) is 1. The maximum atomic E-state index is 9.89. The Hall–Kier alpha value is -0.970. The highest BCUT2D eigenvalue weighted by molar-refractivity contribution is 5.66. The molecule has 0 atom stereocenters. The van der Waals surface area contributed by atoms with Gasteiger partial charge >= 0.3 is 5.97 Å². The van der Waals surface area contributed by atoms with Crippen LogP contribution in [0.1, 0.15) is 26.2 Å². The quantitative estimate of drug-likeness (QED) is 0.565. The number of carbonyl (C=O) groups is 1. The van der Waals surface area contributed by atoms with Crippen LogP contribution in [0.2, 0.25) is 0 Å². The van der Waals surface area contributed by atoms with E-state index in [2.05, 4.69) is 11.8 Å². The van der Waals surface area contributed by atoms with Crippen LogP contribution in [0.4, 0.5) is 0 Å². The van der Waals surface area contributed by atoms with E-state index in [4.69, 9.17) is 5.11 Å². The van der Waals surface area contributed by atoms with Crippen LogP contribution in [-0.2, 0) is 4.79 Å². The van der Waals surface area contributed by atoms with E-state index >= 15 is 0 Å². The molecule has 0 unspecified atom stereocenters. The van der Waals surface area contributed by atoms with Crippen LogP contribution < -0.4 is 0 Å². The first-order valence-electron chi connectivity index (χ1n) is 2.95. The molecule has 0 aromatic heterocycles. The molecule has 0 radical (unpaired) electrons. The van der Waals surface area contributed by atoms with Crippen molar-refractivity contribution in [1.29, 1.82) is 0 Å². The second-order valence-electron chi connectivity index (χ2n) is 1.60. The van der Waals surface area contributed by atoms with Gasteiger partial charge in [-0.2, -0.15) is 0 Å². The van der Waals surface area contributed by atoms with Gasteiger partial charge in [-0.25, -0.2) is 0 Å². The third kappa shape index (κ3) is 7.03. The lowest BCUT2D eigenvalue weighted by molar-refractivity contribution is -0.136. The minimum Gasteiger partial charge on any atom is -0.481 e. The van der Waals surface area contributed by atoms with Crippen molar-refractivity contribution in [1.82, 2.24) is 0 Å². The summed E-state index contributed by atoms with van der Waals surface area (Å²) in [6, 6.07) is 0. The molecule has 0 aromatic carbocycles. The average molecular weight is 126 g/mol. The first-order valence-corrected chi connectivity index (χ1v) is 2.95. The molecule has 9 heavy (non-hydrogen) atoms. The fourth-order valence-corrected chi connectivity index (χ4v) is 0.383. The summed E-state index contributed by atoms with van der Waals surface area (Å²) in [5.74, 6) is 4.75. The lowest BCUT2D eigenvalue weighted by Gasteiger charge is -1.81. The molecule has 0 saturated heterocycles. The molecule has 0 amide bonds. The highest BCUT2D eigenvalue weighted by atomic mass is 16.4. The molecule has 0 aromatic rings. The van der Waals surface area contributed by atoms with E-state index in [0.717, 1.165) is 6.42 Å². The van der Waals surface area contributed by atoms with Gasteiger partial charge in [-0.15, -0.1) is 11.8 Å². The molecular formula is C7H10O2. The molecule has 0 aliphatic rings. The zero-order valence-electron chi connectivity index (χ0n) is 5.48. The zero-order valence-corrected chi connectivity index (χ0v) is 5.48. The first-order chi connectivity index (χ1) is 4.27. The maximum absolute atomic E-state index is 9.89. The molecule has 0 aliphatic heterocycles. The monoisotopic (exact) mass is 126 g/mol. The van der Waals surface area contributed by atoms with Crippen LogP contribution in [0.15, 0.2) is 0 Å². The fraction of sp³-hybridized carbons (Fsp3) is 0.571. The largest absolute Gasteiger partial charge is 0.481 e. The van der Waals surface area contributed by atoms with Crippen LogP contribution >= 0.6 is 0 Å². The van der Waals surface area contributed by atoms with Gasteiger partial charge in [0.05, 0.1) is 6.42 Å². The number of carboxylic acids is 1. The van der Waals surface area contributed by atoms with Crippen molar-refractivity contribution in [2.75, 3.05) is 0 Å². The van der Waals surface area contributed by atoms with E-state index in [1.54, 1.807) is 0 Å². The Balaban J connectivity index is 3.19. The smallest absolute Gasteiger partial charge is 0.304 e. The van der Waals surface area contributed by atoms with Crippen LogP contribution in [0.3, 0.4) is 0 Å². The summed E-state index contributed by atoms with van der Waals surface area (Å²) in [6.45, 7) is 1.94. The normalized spacial score (nSPS) is 7.67. The average Bonchev–Trinajstić information content (AvgIpc) is 1.80. The van der Waals surface area contributed by atoms with Crippen LogP contribution in [0, 0.1) is 11.8 Å². The van der Waals surface area contributed by atoms with Crippen LogP contribution in [0.5, 0.6) is 0 Å². The van der Waals surface area contributed by atoms with E-state index in [0.29, 0.717) is 6.42 Å². The molecule has 0 fully saturated rings. The summed E-state index contributed by atoms with van der Waals surface area (Å²) in [7, 11) is 0. The molecule has 0 spiro atoms. The molecule has 50 valence electrons. The topological polar surface area (TPSA) is 37.3 Å². The van der Waals surface area contributed by atoms with E-state index in [1.807, 2.05) is 6.92 Å². The van der Waals surface area contributed by atoms with Gasteiger partial charge in [-0.3, -0.25) is 4.79 Å². The Morgan fingerprint density at radius 1 is 1.56 bits per heavy atom. The Kier molecular flexibility index (Phi) is 4.61. The Morgan fingerprint density at radius 3 is 2.67 bits per heavy atom. The van der Waals surface area contributed by atoms with E-state index in [9.17, 15) is 4.79 Å². The van der Waals surface area contributed by atoms with Gasteiger partial charge in [0.15, 0.2) is 0 Å². The second kappa shape index (κ2) is 5.17. The molecule has 2 nitrogen and oxygen atoms in total. The number of hydrogen-bond acceptors (Lipinski definition) is 1. The summed E-state index contributed by atoms with van der Waals surface area (Å²) in [5.41, 5.74) is 0. The van der Waals surface area contributed by atoms with Crippen molar-refractivity contribution in [3.63, 3.8) is 0 Å². The summed E-state index contributed by atoms with van der Waals surface area (Å²) in [6.07, 6.45) is 1.44. The van der Waals surface area contributed by atoms with Gasteiger partial charge < -0.3 is 5.11 Å². The summed E-state index contributed by atoms with van der Waals surface area (Å²) < 4.78 is 0. The predicted molar refractivity (Wildman–Crippen MR) is 34.9 cm³/mol. The number of hydrogen-bond donors (Lipinski definition) is 1. The Bertz CT molecular complexity index is 139. The van der Waals surface area contributed by atoms with Crippen molar-refractivity contribution < 1.29 is 9.90 Å². The highest BCUT2D eigenvalue weighted by Crippen LogP contribution is 1.84. The summed E-state index contributed by atoms with van der Waals surface area (Å²) in [5, 5.41) is 8.15.